The van der Waals surface area contributed by atoms with Crippen LogP contribution < -0.4 is 5.32 Å². The van der Waals surface area contributed by atoms with Crippen LogP contribution in [0.15, 0.2) is 24.3 Å². The number of ether oxygens (including phenoxy) is 1. The van der Waals surface area contributed by atoms with Crippen LogP contribution in [0.1, 0.15) is 64.0 Å². The first kappa shape index (κ1) is 17.9. The fourth-order valence-electron chi connectivity index (χ4n) is 6.35. The van der Waals surface area contributed by atoms with E-state index in [1.165, 1.54) is 43.2 Å². The van der Waals surface area contributed by atoms with Gasteiger partial charge in [-0.1, -0.05) is 29.8 Å². The van der Waals surface area contributed by atoms with Crippen molar-refractivity contribution in [3.63, 3.8) is 0 Å². The molecule has 1 aromatic carbocycles. The summed E-state index contributed by atoms with van der Waals surface area (Å²) in [6.07, 6.45) is 6.48. The van der Waals surface area contributed by atoms with E-state index >= 15 is 0 Å². The molecule has 0 radical (unpaired) electrons. The molecule has 0 saturated heterocycles. The Kier molecular flexibility index (Phi) is 4.32. The zero-order valence-corrected chi connectivity index (χ0v) is 16.7. The third-order valence-corrected chi connectivity index (χ3v) is 7.07. The van der Waals surface area contributed by atoms with Gasteiger partial charge >= 0.3 is 6.09 Å². The Balaban J connectivity index is 1.64. The Morgan fingerprint density at radius 2 is 1.73 bits per heavy atom. The number of carbonyl (C=O) groups is 1. The van der Waals surface area contributed by atoms with Crippen LogP contribution in [0.25, 0.3) is 0 Å². The van der Waals surface area contributed by atoms with Gasteiger partial charge in [-0.05, 0) is 89.0 Å². The largest absolute Gasteiger partial charge is 0.444 e. The molecule has 0 aromatic heterocycles. The van der Waals surface area contributed by atoms with E-state index in [0.29, 0.717) is 18.4 Å². The molecule has 1 N–H and O–H groups in total. The molecule has 1 amide bonds. The van der Waals surface area contributed by atoms with Crippen LogP contribution in [0.2, 0.25) is 0 Å². The Labute approximate surface area is 157 Å². The third kappa shape index (κ3) is 3.14. The molecule has 4 bridgehead atoms. The molecule has 0 atom stereocenters. The van der Waals surface area contributed by atoms with Gasteiger partial charge in [0.25, 0.3) is 0 Å². The van der Waals surface area contributed by atoms with E-state index in [9.17, 15) is 4.79 Å². The monoisotopic (exact) mass is 355 g/mol. The van der Waals surface area contributed by atoms with Gasteiger partial charge in [-0.2, -0.15) is 0 Å². The number of hydrogen-bond acceptors (Lipinski definition) is 2. The zero-order valence-electron chi connectivity index (χ0n) is 16.7. The van der Waals surface area contributed by atoms with Gasteiger partial charge in [0.05, 0.1) is 0 Å². The van der Waals surface area contributed by atoms with Crippen LogP contribution in [-0.4, -0.2) is 18.2 Å². The summed E-state index contributed by atoms with van der Waals surface area (Å²) in [5.74, 6) is 3.21. The molecule has 0 spiro atoms. The minimum atomic E-state index is -0.454. The first-order chi connectivity index (χ1) is 12.3. The summed E-state index contributed by atoms with van der Waals surface area (Å²) in [7, 11) is 0. The van der Waals surface area contributed by atoms with Crippen molar-refractivity contribution in [3.8, 4) is 0 Å². The molecular formula is C23H33NO2. The Morgan fingerprint density at radius 1 is 1.12 bits per heavy atom. The van der Waals surface area contributed by atoms with Crippen molar-refractivity contribution in [1.29, 1.82) is 0 Å². The summed E-state index contributed by atoms with van der Waals surface area (Å²) < 4.78 is 5.54. The van der Waals surface area contributed by atoms with Crippen molar-refractivity contribution in [2.24, 2.45) is 23.7 Å². The average Bonchev–Trinajstić information content (AvgIpc) is 2.52. The summed E-state index contributed by atoms with van der Waals surface area (Å²) >= 11 is 0. The second-order valence-electron chi connectivity index (χ2n) is 10.1. The first-order valence-corrected chi connectivity index (χ1v) is 10.3. The maximum Gasteiger partial charge on any atom is 0.407 e. The number of amides is 1. The van der Waals surface area contributed by atoms with Crippen LogP contribution in [0.4, 0.5) is 4.79 Å². The van der Waals surface area contributed by atoms with Gasteiger partial charge in [-0.15, -0.1) is 0 Å². The number of carbonyl (C=O) groups excluding carboxylic acids is 1. The van der Waals surface area contributed by atoms with Crippen molar-refractivity contribution in [2.75, 3.05) is 6.54 Å². The number of nitrogens with one attached hydrogen (secondary N) is 1. The normalized spacial score (nSPS) is 35.4. The van der Waals surface area contributed by atoms with Gasteiger partial charge in [-0.25, -0.2) is 4.79 Å². The number of aryl methyl sites for hydroxylation is 1. The molecule has 1 aromatic rings. The number of hydrogen-bond donors (Lipinski definition) is 1. The van der Waals surface area contributed by atoms with E-state index in [4.69, 9.17) is 4.74 Å². The topological polar surface area (TPSA) is 38.3 Å². The minimum Gasteiger partial charge on any atom is -0.444 e. The van der Waals surface area contributed by atoms with E-state index in [0.717, 1.165) is 11.8 Å². The van der Waals surface area contributed by atoms with Crippen molar-refractivity contribution < 1.29 is 9.53 Å². The Hall–Kier alpha value is -1.51. The zero-order chi connectivity index (χ0) is 18.5. The van der Waals surface area contributed by atoms with Crippen LogP contribution in [-0.2, 0) is 10.2 Å². The van der Waals surface area contributed by atoms with E-state index in [-0.39, 0.29) is 11.5 Å². The smallest absolute Gasteiger partial charge is 0.407 e. The summed E-state index contributed by atoms with van der Waals surface area (Å²) in [6.45, 7) is 8.65. The summed E-state index contributed by atoms with van der Waals surface area (Å²) in [5.41, 5.74) is 2.37. The van der Waals surface area contributed by atoms with Gasteiger partial charge in [0.1, 0.15) is 5.60 Å². The van der Waals surface area contributed by atoms with E-state index < -0.39 is 5.60 Å². The van der Waals surface area contributed by atoms with Crippen molar-refractivity contribution >= 4 is 6.09 Å². The standard InChI is InChI=1S/C23H33NO2/c1-15-6-5-7-18(8-15)23(14-24-21(25)26-22(2,3)4)19-10-16-9-17(12-19)13-20(23)11-16/h5-8,16-17,19-20H,9-14H2,1-4H3,(H,24,25). The summed E-state index contributed by atoms with van der Waals surface area (Å²) in [5, 5.41) is 3.16. The first-order valence-electron chi connectivity index (χ1n) is 10.3. The molecule has 0 aliphatic heterocycles. The molecule has 142 valence electrons. The molecule has 26 heavy (non-hydrogen) atoms. The van der Waals surface area contributed by atoms with Gasteiger partial charge in [-0.3, -0.25) is 0 Å². The number of rotatable bonds is 3. The van der Waals surface area contributed by atoms with Crippen LogP contribution in [0.5, 0.6) is 0 Å². The highest BCUT2D eigenvalue weighted by Crippen LogP contribution is 2.62. The average molecular weight is 356 g/mol. The Bertz CT molecular complexity index is 660. The highest BCUT2D eigenvalue weighted by Gasteiger charge is 2.57. The van der Waals surface area contributed by atoms with Crippen molar-refractivity contribution in [2.45, 2.75) is 70.8 Å². The summed E-state index contributed by atoms with van der Waals surface area (Å²) in [4.78, 5) is 12.4. The lowest BCUT2D eigenvalue weighted by Gasteiger charge is -2.61. The molecule has 0 unspecified atom stereocenters. The molecule has 3 nitrogen and oxygen atoms in total. The van der Waals surface area contributed by atoms with Gasteiger partial charge < -0.3 is 10.1 Å². The van der Waals surface area contributed by atoms with Gasteiger partial charge in [0.2, 0.25) is 0 Å². The van der Waals surface area contributed by atoms with E-state index in [1.54, 1.807) is 0 Å². The SMILES string of the molecule is Cc1cccc(C2(CNC(=O)OC(C)(C)C)C3CC4CC(C3)CC2C4)c1. The molecule has 0 heterocycles. The second kappa shape index (κ2) is 6.28. The fraction of sp³-hybridized carbons (Fsp3) is 0.696. The molecule has 4 fully saturated rings. The van der Waals surface area contributed by atoms with E-state index in [2.05, 4.69) is 36.5 Å². The van der Waals surface area contributed by atoms with Crippen LogP contribution in [0.3, 0.4) is 0 Å². The predicted octanol–water partition coefficient (Wildman–Crippen LogP) is 5.21. The molecule has 4 aliphatic rings. The van der Waals surface area contributed by atoms with E-state index in [1.807, 2.05) is 20.8 Å². The molecule has 3 heteroatoms. The maximum absolute atomic E-state index is 12.4. The van der Waals surface area contributed by atoms with Crippen LogP contribution >= 0.6 is 0 Å². The lowest BCUT2D eigenvalue weighted by atomic mass is 9.43. The highest BCUT2D eigenvalue weighted by atomic mass is 16.6. The fourth-order valence-corrected chi connectivity index (χ4v) is 6.35. The second-order valence-corrected chi connectivity index (χ2v) is 10.1. The number of alkyl carbamates (subject to hydrolysis) is 1. The molecular weight excluding hydrogens is 322 g/mol. The highest BCUT2D eigenvalue weighted by molar-refractivity contribution is 5.68. The van der Waals surface area contributed by atoms with Gasteiger partial charge in [0.15, 0.2) is 0 Å². The maximum atomic E-state index is 12.4. The minimum absolute atomic E-state index is 0.0797. The number of benzene rings is 1. The Morgan fingerprint density at radius 3 is 2.27 bits per heavy atom. The molecule has 4 saturated carbocycles. The van der Waals surface area contributed by atoms with Crippen LogP contribution in [0, 0.1) is 30.6 Å². The lowest BCUT2D eigenvalue weighted by Crippen LogP contribution is -2.60. The molecule has 4 aliphatic carbocycles. The quantitative estimate of drug-likeness (QED) is 0.808. The van der Waals surface area contributed by atoms with Crippen molar-refractivity contribution in [3.05, 3.63) is 35.4 Å². The lowest BCUT2D eigenvalue weighted by molar-refractivity contribution is -0.0606. The molecule has 5 rings (SSSR count). The predicted molar refractivity (Wildman–Crippen MR) is 104 cm³/mol. The summed E-state index contributed by atoms with van der Waals surface area (Å²) in [6, 6.07) is 9.02. The third-order valence-electron chi connectivity index (χ3n) is 7.07. The van der Waals surface area contributed by atoms with Gasteiger partial charge in [0, 0.05) is 12.0 Å². The van der Waals surface area contributed by atoms with Crippen molar-refractivity contribution in [1.82, 2.24) is 5.32 Å².